The lowest BCUT2D eigenvalue weighted by Gasteiger charge is -2.35. The molecule has 33 heavy (non-hydrogen) atoms. The van der Waals surface area contributed by atoms with Crippen molar-refractivity contribution in [3.05, 3.63) is 53.3 Å². The highest BCUT2D eigenvalue weighted by atomic mass is 16.2. The predicted molar refractivity (Wildman–Crippen MR) is 135 cm³/mol. The number of carbonyl (C=O) groups is 1. The van der Waals surface area contributed by atoms with E-state index in [1.165, 1.54) is 39.7 Å². The Bertz CT molecular complexity index is 1130. The largest absolute Gasteiger partial charge is 0.354 e. The molecule has 1 atom stereocenters. The normalized spacial score (nSPS) is 20.0. The maximum absolute atomic E-state index is 12.9. The average Bonchev–Trinajstić information content (AvgIpc) is 3.23. The highest BCUT2D eigenvalue weighted by molar-refractivity contribution is 5.92. The summed E-state index contributed by atoms with van der Waals surface area (Å²) in [5.41, 5.74) is 7.43. The summed E-state index contributed by atoms with van der Waals surface area (Å²) in [7, 11) is 0. The molecule has 3 aromatic rings. The SMILES string of the molecule is Cc1cc(-c2[nH]c3ccc(C4CCN(C(=O)[C@@H]5CCCCN5)CC4)cc3c2C(C)C)ccn1. The molecule has 2 saturated heterocycles. The molecule has 174 valence electrons. The minimum atomic E-state index is 0.0374. The Balaban J connectivity index is 1.37. The van der Waals surface area contributed by atoms with E-state index >= 15 is 0 Å². The van der Waals surface area contributed by atoms with Gasteiger partial charge in [-0.3, -0.25) is 9.78 Å². The lowest BCUT2D eigenvalue weighted by atomic mass is 9.87. The predicted octanol–water partition coefficient (Wildman–Crippen LogP) is 5.51. The van der Waals surface area contributed by atoms with Crippen LogP contribution >= 0.6 is 0 Å². The fourth-order valence-corrected chi connectivity index (χ4v) is 5.73. The van der Waals surface area contributed by atoms with Gasteiger partial charge >= 0.3 is 0 Å². The molecular weight excluding hydrogens is 408 g/mol. The molecule has 0 radical (unpaired) electrons. The molecule has 0 aliphatic carbocycles. The van der Waals surface area contributed by atoms with Crippen molar-refractivity contribution in [2.75, 3.05) is 19.6 Å². The number of nitrogens with one attached hydrogen (secondary N) is 2. The molecule has 4 heterocycles. The summed E-state index contributed by atoms with van der Waals surface area (Å²) in [5, 5.41) is 4.75. The quantitative estimate of drug-likeness (QED) is 0.558. The Morgan fingerprint density at radius 2 is 1.91 bits per heavy atom. The molecule has 2 N–H and O–H groups in total. The summed E-state index contributed by atoms with van der Waals surface area (Å²) in [6, 6.07) is 11.2. The van der Waals surface area contributed by atoms with E-state index in [0.717, 1.165) is 51.0 Å². The van der Waals surface area contributed by atoms with E-state index in [2.05, 4.69) is 64.4 Å². The maximum Gasteiger partial charge on any atom is 0.239 e. The van der Waals surface area contributed by atoms with Gasteiger partial charge in [-0.1, -0.05) is 26.3 Å². The second-order valence-corrected chi connectivity index (χ2v) is 10.2. The number of nitrogens with zero attached hydrogens (tertiary/aromatic N) is 2. The first kappa shape index (κ1) is 22.1. The minimum Gasteiger partial charge on any atom is -0.354 e. The Kier molecular flexibility index (Phi) is 6.24. The smallest absolute Gasteiger partial charge is 0.239 e. The molecule has 0 unspecified atom stereocenters. The molecular formula is C28H36N4O. The summed E-state index contributed by atoms with van der Waals surface area (Å²) in [5.74, 6) is 1.24. The number of aromatic amines is 1. The molecule has 0 saturated carbocycles. The first-order chi connectivity index (χ1) is 16.0. The van der Waals surface area contributed by atoms with Crippen LogP contribution in [0.5, 0.6) is 0 Å². The van der Waals surface area contributed by atoms with Gasteiger partial charge in [-0.05, 0) is 86.4 Å². The number of aryl methyl sites for hydroxylation is 1. The molecule has 2 fully saturated rings. The molecule has 5 heteroatoms. The van der Waals surface area contributed by atoms with E-state index in [1.54, 1.807) is 0 Å². The van der Waals surface area contributed by atoms with Gasteiger partial charge in [0, 0.05) is 41.4 Å². The van der Waals surface area contributed by atoms with Crippen molar-refractivity contribution >= 4 is 16.8 Å². The fourth-order valence-electron chi connectivity index (χ4n) is 5.73. The number of fused-ring (bicyclic) bond motifs is 1. The third kappa shape index (κ3) is 4.43. The second kappa shape index (κ2) is 9.30. The molecule has 1 aromatic carbocycles. The molecule has 2 aliphatic rings. The van der Waals surface area contributed by atoms with Crippen LogP contribution in [0.25, 0.3) is 22.2 Å². The molecule has 2 aliphatic heterocycles. The van der Waals surface area contributed by atoms with Crippen molar-refractivity contribution in [3.63, 3.8) is 0 Å². The summed E-state index contributed by atoms with van der Waals surface area (Å²) in [4.78, 5) is 23.1. The zero-order chi connectivity index (χ0) is 22.9. The summed E-state index contributed by atoms with van der Waals surface area (Å²) < 4.78 is 0. The van der Waals surface area contributed by atoms with Gasteiger partial charge in [-0.15, -0.1) is 0 Å². The van der Waals surface area contributed by atoms with E-state index in [0.29, 0.717) is 17.7 Å². The number of amides is 1. The van der Waals surface area contributed by atoms with Gasteiger partial charge in [0.05, 0.1) is 11.7 Å². The Morgan fingerprint density at radius 1 is 1.09 bits per heavy atom. The van der Waals surface area contributed by atoms with Crippen LogP contribution in [0, 0.1) is 6.92 Å². The zero-order valence-corrected chi connectivity index (χ0v) is 20.2. The van der Waals surface area contributed by atoms with Crippen molar-refractivity contribution in [3.8, 4) is 11.3 Å². The summed E-state index contributed by atoms with van der Waals surface area (Å²) in [6.07, 6.45) is 7.32. The number of pyridine rings is 1. The van der Waals surface area contributed by atoms with Gasteiger partial charge in [0.25, 0.3) is 0 Å². The zero-order valence-electron chi connectivity index (χ0n) is 20.2. The number of rotatable bonds is 4. The number of H-pyrrole nitrogens is 1. The Hall–Kier alpha value is -2.66. The lowest BCUT2D eigenvalue weighted by Crippen LogP contribution is -2.50. The first-order valence-corrected chi connectivity index (χ1v) is 12.6. The average molecular weight is 445 g/mol. The van der Waals surface area contributed by atoms with Crippen LogP contribution in [0.3, 0.4) is 0 Å². The van der Waals surface area contributed by atoms with Crippen LogP contribution in [0.2, 0.25) is 0 Å². The maximum atomic E-state index is 12.9. The van der Waals surface area contributed by atoms with Crippen molar-refractivity contribution in [2.24, 2.45) is 0 Å². The number of aromatic nitrogens is 2. The number of hydrogen-bond donors (Lipinski definition) is 2. The highest BCUT2D eigenvalue weighted by Crippen LogP contribution is 2.38. The van der Waals surface area contributed by atoms with Gasteiger partial charge < -0.3 is 15.2 Å². The summed E-state index contributed by atoms with van der Waals surface area (Å²) in [6.45, 7) is 9.30. The van der Waals surface area contributed by atoms with Gasteiger partial charge in [0.2, 0.25) is 5.91 Å². The molecule has 5 nitrogen and oxygen atoms in total. The van der Waals surface area contributed by atoms with Gasteiger partial charge in [0.15, 0.2) is 0 Å². The number of piperidine rings is 2. The molecule has 0 spiro atoms. The van der Waals surface area contributed by atoms with Crippen LogP contribution in [-0.4, -0.2) is 46.5 Å². The molecule has 1 amide bonds. The van der Waals surface area contributed by atoms with Crippen LogP contribution in [0.4, 0.5) is 0 Å². The standard InChI is InChI=1S/C28H36N4O/c1-18(2)26-23-17-21(7-8-24(23)31-27(26)22-9-13-29-19(3)16-22)20-10-14-32(15-11-20)28(33)25-6-4-5-12-30-25/h7-9,13,16-18,20,25,30-31H,4-6,10-12,14-15H2,1-3H3/t25-/m0/s1. The van der Waals surface area contributed by atoms with Crippen LogP contribution in [0.15, 0.2) is 36.5 Å². The number of hydrogen-bond acceptors (Lipinski definition) is 3. The topological polar surface area (TPSA) is 61.0 Å². The molecule has 5 rings (SSSR count). The monoisotopic (exact) mass is 444 g/mol. The van der Waals surface area contributed by atoms with E-state index in [4.69, 9.17) is 0 Å². The minimum absolute atomic E-state index is 0.0374. The van der Waals surface area contributed by atoms with Crippen LogP contribution < -0.4 is 5.32 Å². The van der Waals surface area contributed by atoms with Gasteiger partial charge in [-0.2, -0.15) is 0 Å². The van der Waals surface area contributed by atoms with E-state index in [1.807, 2.05) is 13.1 Å². The molecule has 2 aromatic heterocycles. The van der Waals surface area contributed by atoms with Crippen molar-refractivity contribution in [1.82, 2.24) is 20.2 Å². The van der Waals surface area contributed by atoms with Gasteiger partial charge in [0.1, 0.15) is 0 Å². The number of carbonyl (C=O) groups excluding carboxylic acids is 1. The van der Waals surface area contributed by atoms with Gasteiger partial charge in [-0.25, -0.2) is 0 Å². The van der Waals surface area contributed by atoms with Crippen molar-refractivity contribution < 1.29 is 4.79 Å². The van der Waals surface area contributed by atoms with E-state index < -0.39 is 0 Å². The second-order valence-electron chi connectivity index (χ2n) is 10.2. The number of benzene rings is 1. The Labute approximate surface area is 197 Å². The highest BCUT2D eigenvalue weighted by Gasteiger charge is 2.29. The van der Waals surface area contributed by atoms with Crippen molar-refractivity contribution in [2.45, 2.75) is 70.8 Å². The first-order valence-electron chi connectivity index (χ1n) is 12.6. The van der Waals surface area contributed by atoms with Crippen LogP contribution in [-0.2, 0) is 4.79 Å². The lowest BCUT2D eigenvalue weighted by molar-refractivity contribution is -0.135. The third-order valence-corrected chi connectivity index (χ3v) is 7.51. The van der Waals surface area contributed by atoms with Crippen molar-refractivity contribution in [1.29, 1.82) is 0 Å². The third-order valence-electron chi connectivity index (χ3n) is 7.51. The summed E-state index contributed by atoms with van der Waals surface area (Å²) >= 11 is 0. The fraction of sp³-hybridized carbons (Fsp3) is 0.500. The van der Waals surface area contributed by atoms with Crippen LogP contribution in [0.1, 0.15) is 74.6 Å². The van der Waals surface area contributed by atoms with E-state index in [-0.39, 0.29) is 6.04 Å². The Morgan fingerprint density at radius 3 is 2.61 bits per heavy atom. The number of likely N-dealkylation sites (tertiary alicyclic amines) is 1. The molecule has 0 bridgehead atoms. The van der Waals surface area contributed by atoms with E-state index in [9.17, 15) is 4.79 Å².